The fourth-order valence-corrected chi connectivity index (χ4v) is 2.52. The van der Waals surface area contributed by atoms with E-state index in [1.165, 1.54) is 12.7 Å². The highest BCUT2D eigenvalue weighted by atomic mass is 16.5. The summed E-state index contributed by atoms with van der Waals surface area (Å²) in [6, 6.07) is 17.7. The third kappa shape index (κ3) is 4.01. The molecular formula is C20H19N3O2. The summed E-state index contributed by atoms with van der Waals surface area (Å²) in [7, 11) is 1.36. The van der Waals surface area contributed by atoms with Gasteiger partial charge in [0.1, 0.15) is 5.69 Å². The van der Waals surface area contributed by atoms with Crippen LogP contribution in [0.1, 0.15) is 22.4 Å². The summed E-state index contributed by atoms with van der Waals surface area (Å²) in [4.78, 5) is 12.2. The van der Waals surface area contributed by atoms with Crippen molar-refractivity contribution < 1.29 is 9.53 Å². The van der Waals surface area contributed by atoms with Crippen molar-refractivity contribution in [2.45, 2.75) is 13.5 Å². The van der Waals surface area contributed by atoms with Crippen LogP contribution >= 0.6 is 0 Å². The molecule has 0 fully saturated rings. The van der Waals surface area contributed by atoms with E-state index in [0.29, 0.717) is 17.8 Å². The Morgan fingerprint density at radius 1 is 1.12 bits per heavy atom. The molecule has 126 valence electrons. The molecule has 0 saturated carbocycles. The number of ether oxygens (including phenoxy) is 1. The standard InChI is InChI=1S/C20H19N3O2/c1-15-8-6-7-11-17(15)13-23-14-19(21-22-23)18(20(24)25-2)12-16-9-4-3-5-10-16/h3-12,14H,13H2,1-2H3. The van der Waals surface area contributed by atoms with E-state index in [2.05, 4.69) is 29.4 Å². The maximum Gasteiger partial charge on any atom is 0.340 e. The summed E-state index contributed by atoms with van der Waals surface area (Å²) in [6.45, 7) is 2.65. The maximum atomic E-state index is 12.2. The van der Waals surface area contributed by atoms with Crippen molar-refractivity contribution in [3.63, 3.8) is 0 Å². The molecule has 0 aliphatic carbocycles. The van der Waals surface area contributed by atoms with E-state index in [-0.39, 0.29) is 0 Å². The minimum Gasteiger partial charge on any atom is -0.465 e. The lowest BCUT2D eigenvalue weighted by Crippen LogP contribution is -2.04. The molecule has 1 heterocycles. The molecule has 1 aromatic heterocycles. The van der Waals surface area contributed by atoms with Crippen LogP contribution < -0.4 is 0 Å². The molecule has 2 aromatic carbocycles. The molecule has 0 radical (unpaired) electrons. The summed E-state index contributed by atoms with van der Waals surface area (Å²) < 4.78 is 6.62. The molecule has 0 spiro atoms. The topological polar surface area (TPSA) is 57.0 Å². The van der Waals surface area contributed by atoms with E-state index < -0.39 is 5.97 Å². The highest BCUT2D eigenvalue weighted by Gasteiger charge is 2.16. The van der Waals surface area contributed by atoms with Crippen LogP contribution in [-0.2, 0) is 16.1 Å². The molecule has 0 atom stereocenters. The van der Waals surface area contributed by atoms with E-state index in [4.69, 9.17) is 4.74 Å². The van der Waals surface area contributed by atoms with E-state index in [1.807, 2.05) is 42.5 Å². The molecule has 0 aliphatic rings. The van der Waals surface area contributed by atoms with Crippen molar-refractivity contribution in [2.75, 3.05) is 7.11 Å². The predicted molar refractivity (Wildman–Crippen MR) is 96.6 cm³/mol. The minimum absolute atomic E-state index is 0.379. The molecule has 0 unspecified atom stereocenters. The Kier molecular flexibility index (Phi) is 5.04. The van der Waals surface area contributed by atoms with Crippen molar-refractivity contribution in [1.29, 1.82) is 0 Å². The Labute approximate surface area is 146 Å². The molecule has 0 amide bonds. The van der Waals surface area contributed by atoms with E-state index in [9.17, 15) is 4.79 Å². The van der Waals surface area contributed by atoms with Crippen molar-refractivity contribution in [1.82, 2.24) is 15.0 Å². The molecule has 25 heavy (non-hydrogen) atoms. The van der Waals surface area contributed by atoms with Gasteiger partial charge in [0.2, 0.25) is 0 Å². The Morgan fingerprint density at radius 3 is 2.56 bits per heavy atom. The molecule has 0 saturated heterocycles. The third-order valence-corrected chi connectivity index (χ3v) is 3.92. The monoisotopic (exact) mass is 333 g/mol. The van der Waals surface area contributed by atoms with Crippen LogP contribution in [0.25, 0.3) is 11.6 Å². The van der Waals surface area contributed by atoms with Crippen LogP contribution in [0, 0.1) is 6.92 Å². The molecule has 3 rings (SSSR count). The number of aromatic nitrogens is 3. The van der Waals surface area contributed by atoms with Gasteiger partial charge in [-0.05, 0) is 29.7 Å². The zero-order chi connectivity index (χ0) is 17.6. The van der Waals surface area contributed by atoms with Crippen LogP contribution in [-0.4, -0.2) is 28.1 Å². The Hall–Kier alpha value is -3.21. The van der Waals surface area contributed by atoms with Gasteiger partial charge in [-0.2, -0.15) is 0 Å². The Bertz CT molecular complexity index is 898. The number of hydrogen-bond donors (Lipinski definition) is 0. The average Bonchev–Trinajstić information content (AvgIpc) is 3.10. The first-order valence-electron chi connectivity index (χ1n) is 7.97. The Balaban J connectivity index is 1.91. The number of aryl methyl sites for hydroxylation is 1. The number of benzene rings is 2. The summed E-state index contributed by atoms with van der Waals surface area (Å²) in [5.41, 5.74) is 4.11. The number of nitrogens with zero attached hydrogens (tertiary/aromatic N) is 3. The zero-order valence-corrected chi connectivity index (χ0v) is 14.2. The van der Waals surface area contributed by atoms with Crippen LogP contribution in [0.4, 0.5) is 0 Å². The van der Waals surface area contributed by atoms with Crippen LogP contribution in [0.5, 0.6) is 0 Å². The molecule has 0 bridgehead atoms. The largest absolute Gasteiger partial charge is 0.465 e. The fourth-order valence-electron chi connectivity index (χ4n) is 2.52. The lowest BCUT2D eigenvalue weighted by molar-refractivity contribution is -0.133. The van der Waals surface area contributed by atoms with E-state index in [1.54, 1.807) is 17.0 Å². The van der Waals surface area contributed by atoms with E-state index in [0.717, 1.165) is 11.1 Å². The minimum atomic E-state index is -0.438. The molecule has 0 aliphatic heterocycles. The summed E-state index contributed by atoms with van der Waals surface area (Å²) in [5.74, 6) is -0.438. The highest BCUT2D eigenvalue weighted by Crippen LogP contribution is 2.18. The average molecular weight is 333 g/mol. The second-order valence-corrected chi connectivity index (χ2v) is 5.69. The van der Waals surface area contributed by atoms with Crippen LogP contribution in [0.15, 0.2) is 60.8 Å². The first kappa shape index (κ1) is 16.6. The van der Waals surface area contributed by atoms with Gasteiger partial charge in [-0.25, -0.2) is 9.48 Å². The fraction of sp³-hybridized carbons (Fsp3) is 0.150. The smallest absolute Gasteiger partial charge is 0.340 e. The van der Waals surface area contributed by atoms with Gasteiger partial charge in [-0.1, -0.05) is 59.8 Å². The van der Waals surface area contributed by atoms with Gasteiger partial charge < -0.3 is 4.74 Å². The van der Waals surface area contributed by atoms with E-state index >= 15 is 0 Å². The molecular weight excluding hydrogens is 314 g/mol. The number of esters is 1. The second-order valence-electron chi connectivity index (χ2n) is 5.69. The number of hydrogen-bond acceptors (Lipinski definition) is 4. The first-order chi connectivity index (χ1) is 12.2. The summed E-state index contributed by atoms with van der Waals surface area (Å²) >= 11 is 0. The molecule has 5 heteroatoms. The highest BCUT2D eigenvalue weighted by molar-refractivity contribution is 6.20. The van der Waals surface area contributed by atoms with Gasteiger partial charge >= 0.3 is 5.97 Å². The number of carbonyl (C=O) groups is 1. The molecule has 0 N–H and O–H groups in total. The third-order valence-electron chi connectivity index (χ3n) is 3.92. The number of methoxy groups -OCH3 is 1. The van der Waals surface area contributed by atoms with Gasteiger partial charge in [-0.15, -0.1) is 5.10 Å². The van der Waals surface area contributed by atoms with Crippen molar-refractivity contribution >= 4 is 17.6 Å². The molecule has 5 nitrogen and oxygen atoms in total. The number of rotatable bonds is 5. The SMILES string of the molecule is COC(=O)C(=Cc1ccccc1)c1cn(Cc2ccccc2C)nn1. The van der Waals surface area contributed by atoms with Crippen molar-refractivity contribution in [2.24, 2.45) is 0 Å². The quantitative estimate of drug-likeness (QED) is 0.531. The van der Waals surface area contributed by atoms with Crippen LogP contribution in [0.2, 0.25) is 0 Å². The zero-order valence-electron chi connectivity index (χ0n) is 14.2. The van der Waals surface area contributed by atoms with Crippen LogP contribution in [0.3, 0.4) is 0 Å². The van der Waals surface area contributed by atoms with Crippen molar-refractivity contribution in [3.05, 3.63) is 83.2 Å². The van der Waals surface area contributed by atoms with Gasteiger partial charge in [0.25, 0.3) is 0 Å². The normalized spacial score (nSPS) is 11.4. The second kappa shape index (κ2) is 7.57. The molecule has 3 aromatic rings. The van der Waals surface area contributed by atoms with Crippen molar-refractivity contribution in [3.8, 4) is 0 Å². The first-order valence-corrected chi connectivity index (χ1v) is 7.97. The summed E-state index contributed by atoms with van der Waals surface area (Å²) in [6.07, 6.45) is 3.52. The lowest BCUT2D eigenvalue weighted by Gasteiger charge is -2.04. The maximum absolute atomic E-state index is 12.2. The number of carbonyl (C=O) groups excluding carboxylic acids is 1. The predicted octanol–water partition coefficient (Wildman–Crippen LogP) is 3.35. The van der Waals surface area contributed by atoms with Gasteiger partial charge in [0.05, 0.1) is 25.4 Å². The Morgan fingerprint density at radius 2 is 1.84 bits per heavy atom. The van der Waals surface area contributed by atoms with Gasteiger partial charge in [0.15, 0.2) is 0 Å². The van der Waals surface area contributed by atoms with Gasteiger partial charge in [0, 0.05) is 0 Å². The van der Waals surface area contributed by atoms with Gasteiger partial charge in [-0.3, -0.25) is 0 Å². The summed E-state index contributed by atoms with van der Waals surface area (Å²) in [5, 5.41) is 8.30. The lowest BCUT2D eigenvalue weighted by atomic mass is 10.1.